The Hall–Kier alpha value is -1.99. The first-order chi connectivity index (χ1) is 14.4. The van der Waals surface area contributed by atoms with Crippen LogP contribution in [0, 0.1) is 19.8 Å². The molecule has 30 heavy (non-hydrogen) atoms. The van der Waals surface area contributed by atoms with Crippen LogP contribution >= 0.6 is 27.7 Å². The van der Waals surface area contributed by atoms with Gasteiger partial charge in [0, 0.05) is 31.0 Å². The zero-order valence-electron chi connectivity index (χ0n) is 17.4. The summed E-state index contributed by atoms with van der Waals surface area (Å²) in [6.07, 6.45) is 0.270. The minimum absolute atomic E-state index is 0.0206. The maximum Gasteiger partial charge on any atom is 0.229 e. The number of nitrogens with zero attached hydrogens (tertiary/aromatic N) is 2. The Bertz CT molecular complexity index is 996. The number of anilines is 1. The number of benzene rings is 2. The van der Waals surface area contributed by atoms with E-state index in [1.165, 1.54) is 5.56 Å². The normalized spacial score (nSPS) is 21.4. The second-order valence-electron chi connectivity index (χ2n) is 7.82. The lowest BCUT2D eigenvalue weighted by molar-refractivity contribution is -0.136. The highest BCUT2D eigenvalue weighted by Gasteiger charge is 2.41. The fourth-order valence-electron chi connectivity index (χ4n) is 4.06. The number of thioether (sulfide) groups is 1. The monoisotopic (exact) mass is 488 g/mol. The van der Waals surface area contributed by atoms with Gasteiger partial charge in [0.25, 0.3) is 0 Å². The number of amides is 2. The highest BCUT2D eigenvalue weighted by Crippen LogP contribution is 2.42. The average molecular weight is 489 g/mol. The molecule has 2 aliphatic heterocycles. The fourth-order valence-corrected chi connectivity index (χ4v) is 5.87. The molecule has 2 amide bonds. The van der Waals surface area contributed by atoms with E-state index in [9.17, 15) is 9.59 Å². The second kappa shape index (κ2) is 8.63. The lowest BCUT2D eigenvalue weighted by Crippen LogP contribution is -2.37. The lowest BCUT2D eigenvalue weighted by atomic mass is 10.1. The molecule has 0 spiro atoms. The molecule has 2 heterocycles. The number of ether oxygens (including phenoxy) is 1. The van der Waals surface area contributed by atoms with Gasteiger partial charge in [-0.15, -0.1) is 11.8 Å². The molecule has 0 bridgehead atoms. The summed E-state index contributed by atoms with van der Waals surface area (Å²) in [7, 11) is 1.64. The lowest BCUT2D eigenvalue weighted by Gasteiger charge is -2.27. The highest BCUT2D eigenvalue weighted by molar-refractivity contribution is 9.10. The smallest absolute Gasteiger partial charge is 0.229 e. The predicted octanol–water partition coefficient (Wildman–Crippen LogP) is 4.70. The third-order valence-electron chi connectivity index (χ3n) is 5.91. The molecule has 2 atom stereocenters. The Kier molecular flexibility index (Phi) is 6.11. The van der Waals surface area contributed by atoms with Gasteiger partial charge in [-0.1, -0.05) is 12.1 Å². The zero-order chi connectivity index (χ0) is 21.4. The standard InChI is InChI=1S/C23H25BrN2O3S/c1-14-4-6-18(10-15(14)2)26-13-17(12-21(26)27)22(28)25-8-9-30-23(25)16-5-7-20(29-3)19(24)11-16/h4-7,10-11,17,23H,8-9,12-13H2,1-3H3. The summed E-state index contributed by atoms with van der Waals surface area (Å²) in [5.41, 5.74) is 4.29. The Labute approximate surface area is 189 Å². The van der Waals surface area contributed by atoms with E-state index in [1.54, 1.807) is 23.8 Å². The van der Waals surface area contributed by atoms with Crippen LogP contribution < -0.4 is 9.64 Å². The van der Waals surface area contributed by atoms with Gasteiger partial charge in [0.2, 0.25) is 11.8 Å². The Morgan fingerprint density at radius 3 is 2.67 bits per heavy atom. The van der Waals surface area contributed by atoms with Gasteiger partial charge < -0.3 is 14.5 Å². The van der Waals surface area contributed by atoms with Gasteiger partial charge >= 0.3 is 0 Å². The summed E-state index contributed by atoms with van der Waals surface area (Å²) >= 11 is 5.30. The van der Waals surface area contributed by atoms with Crippen molar-refractivity contribution in [2.75, 3.05) is 30.9 Å². The van der Waals surface area contributed by atoms with Gasteiger partial charge in [0.15, 0.2) is 0 Å². The molecule has 0 aromatic heterocycles. The summed E-state index contributed by atoms with van der Waals surface area (Å²) in [6.45, 7) is 5.24. The number of methoxy groups -OCH3 is 1. The number of hydrogen-bond donors (Lipinski definition) is 0. The van der Waals surface area contributed by atoms with Crippen LogP contribution in [-0.2, 0) is 9.59 Å². The van der Waals surface area contributed by atoms with Crippen molar-refractivity contribution in [2.45, 2.75) is 25.6 Å². The fraction of sp³-hybridized carbons (Fsp3) is 0.391. The number of aryl methyl sites for hydroxylation is 2. The van der Waals surface area contributed by atoms with E-state index in [4.69, 9.17) is 4.74 Å². The third kappa shape index (κ3) is 3.97. The average Bonchev–Trinajstić information content (AvgIpc) is 3.36. The first-order valence-corrected chi connectivity index (χ1v) is 11.9. The van der Waals surface area contributed by atoms with Crippen LogP contribution in [0.25, 0.3) is 0 Å². The van der Waals surface area contributed by atoms with Crippen LogP contribution in [0.4, 0.5) is 5.69 Å². The molecule has 2 aromatic carbocycles. The van der Waals surface area contributed by atoms with Crippen molar-refractivity contribution in [1.82, 2.24) is 4.90 Å². The molecule has 2 fully saturated rings. The molecular formula is C23H25BrN2O3S. The van der Waals surface area contributed by atoms with Crippen molar-refractivity contribution in [1.29, 1.82) is 0 Å². The molecule has 2 unspecified atom stereocenters. The largest absolute Gasteiger partial charge is 0.496 e. The van der Waals surface area contributed by atoms with E-state index in [2.05, 4.69) is 22.9 Å². The summed E-state index contributed by atoms with van der Waals surface area (Å²) in [5.74, 6) is 1.44. The van der Waals surface area contributed by atoms with E-state index in [1.807, 2.05) is 48.2 Å². The van der Waals surface area contributed by atoms with Crippen molar-refractivity contribution < 1.29 is 14.3 Å². The van der Waals surface area contributed by atoms with E-state index < -0.39 is 0 Å². The summed E-state index contributed by atoms with van der Waals surface area (Å²) in [5, 5.41) is -0.0366. The van der Waals surface area contributed by atoms with E-state index in [-0.39, 0.29) is 29.5 Å². The molecule has 5 nitrogen and oxygen atoms in total. The summed E-state index contributed by atoms with van der Waals surface area (Å²) in [4.78, 5) is 29.8. The molecule has 2 aliphatic rings. The van der Waals surface area contributed by atoms with Crippen molar-refractivity contribution in [3.63, 3.8) is 0 Å². The topological polar surface area (TPSA) is 49.9 Å². The minimum atomic E-state index is -0.304. The van der Waals surface area contributed by atoms with Gasteiger partial charge in [0.1, 0.15) is 11.1 Å². The van der Waals surface area contributed by atoms with Crippen LogP contribution in [0.5, 0.6) is 5.75 Å². The first-order valence-electron chi connectivity index (χ1n) is 10.0. The molecule has 0 radical (unpaired) electrons. The van der Waals surface area contributed by atoms with Gasteiger partial charge in [-0.2, -0.15) is 0 Å². The van der Waals surface area contributed by atoms with Gasteiger partial charge in [-0.3, -0.25) is 9.59 Å². The molecule has 0 N–H and O–H groups in total. The molecule has 4 rings (SSSR count). The van der Waals surface area contributed by atoms with Crippen LogP contribution in [-0.4, -0.2) is 42.7 Å². The second-order valence-corrected chi connectivity index (χ2v) is 9.87. The van der Waals surface area contributed by atoms with E-state index in [0.717, 1.165) is 32.8 Å². The Balaban J connectivity index is 1.51. The van der Waals surface area contributed by atoms with Crippen LogP contribution in [0.3, 0.4) is 0 Å². The highest BCUT2D eigenvalue weighted by atomic mass is 79.9. The molecule has 2 aromatic rings. The van der Waals surface area contributed by atoms with Crippen LogP contribution in [0.1, 0.15) is 28.5 Å². The van der Waals surface area contributed by atoms with Gasteiger partial charge in [0.05, 0.1) is 17.5 Å². The Morgan fingerprint density at radius 1 is 1.17 bits per heavy atom. The quantitative estimate of drug-likeness (QED) is 0.625. The summed E-state index contributed by atoms with van der Waals surface area (Å²) < 4.78 is 6.20. The molecule has 0 saturated carbocycles. The predicted molar refractivity (Wildman–Crippen MR) is 124 cm³/mol. The zero-order valence-corrected chi connectivity index (χ0v) is 19.8. The van der Waals surface area contributed by atoms with Crippen molar-refractivity contribution in [3.8, 4) is 5.75 Å². The third-order valence-corrected chi connectivity index (χ3v) is 7.79. The number of hydrogen-bond acceptors (Lipinski definition) is 4. The van der Waals surface area contributed by atoms with Crippen molar-refractivity contribution in [2.24, 2.45) is 5.92 Å². The molecule has 7 heteroatoms. The number of rotatable bonds is 4. The molecule has 2 saturated heterocycles. The minimum Gasteiger partial charge on any atom is -0.496 e. The number of carbonyl (C=O) groups excluding carboxylic acids is 2. The van der Waals surface area contributed by atoms with Crippen LogP contribution in [0.2, 0.25) is 0 Å². The first kappa shape index (κ1) is 21.2. The van der Waals surface area contributed by atoms with E-state index in [0.29, 0.717) is 13.1 Å². The van der Waals surface area contributed by atoms with Gasteiger partial charge in [-0.05, 0) is 70.7 Å². The van der Waals surface area contributed by atoms with E-state index >= 15 is 0 Å². The summed E-state index contributed by atoms with van der Waals surface area (Å²) in [6, 6.07) is 12.0. The van der Waals surface area contributed by atoms with Gasteiger partial charge in [-0.25, -0.2) is 0 Å². The van der Waals surface area contributed by atoms with Crippen molar-refractivity contribution >= 4 is 45.2 Å². The molecular weight excluding hydrogens is 464 g/mol. The molecule has 0 aliphatic carbocycles. The maximum atomic E-state index is 13.4. The maximum absolute atomic E-state index is 13.4. The van der Waals surface area contributed by atoms with Crippen molar-refractivity contribution in [3.05, 3.63) is 57.6 Å². The Morgan fingerprint density at radius 2 is 1.97 bits per heavy atom. The SMILES string of the molecule is COc1ccc(C2SCCN2C(=O)C2CC(=O)N(c3ccc(C)c(C)c3)C2)cc1Br. The number of carbonyl (C=O) groups is 2. The van der Waals surface area contributed by atoms with Crippen LogP contribution in [0.15, 0.2) is 40.9 Å². The number of halogens is 1. The molecule has 158 valence electrons.